The summed E-state index contributed by atoms with van der Waals surface area (Å²) >= 11 is 0. The summed E-state index contributed by atoms with van der Waals surface area (Å²) < 4.78 is 2.07. The number of guanidine groups is 1. The number of nitrogens with zero attached hydrogens (tertiary/aromatic N) is 3. The van der Waals surface area contributed by atoms with E-state index >= 15 is 0 Å². The van der Waals surface area contributed by atoms with Gasteiger partial charge >= 0.3 is 0 Å². The lowest BCUT2D eigenvalue weighted by atomic mass is 10.2. The molecule has 0 amide bonds. The Morgan fingerprint density at radius 3 is 2.42 bits per heavy atom. The van der Waals surface area contributed by atoms with Gasteiger partial charge in [0, 0.05) is 31.9 Å². The highest BCUT2D eigenvalue weighted by atomic mass is 15.3. The number of nitrogens with one attached hydrogen (secondary N) is 2. The molecule has 1 atom stereocenters. The Balaban J connectivity index is 2.52. The maximum Gasteiger partial charge on any atom is 0.191 e. The first-order valence-electron chi connectivity index (χ1n) is 7.10. The fourth-order valence-electron chi connectivity index (χ4n) is 1.97. The molecule has 108 valence electrons. The number of hydrogen-bond donors (Lipinski definition) is 2. The Kier molecular flexibility index (Phi) is 6.39. The molecule has 5 nitrogen and oxygen atoms in total. The average Bonchev–Trinajstić information content (AvgIpc) is 2.65. The Hall–Kier alpha value is -1.52. The van der Waals surface area contributed by atoms with E-state index in [1.807, 2.05) is 6.92 Å². The molecule has 1 aromatic heterocycles. The minimum atomic E-state index is 0.463. The zero-order valence-corrected chi connectivity index (χ0v) is 12.8. The van der Waals surface area contributed by atoms with Gasteiger partial charge in [0.15, 0.2) is 5.96 Å². The molecular formula is C14H27N5. The Labute approximate surface area is 116 Å². The molecule has 0 saturated heterocycles. The lowest BCUT2D eigenvalue weighted by molar-refractivity contribution is 0.450. The number of rotatable bonds is 6. The predicted octanol–water partition coefficient (Wildman–Crippen LogP) is 1.71. The molecule has 2 N–H and O–H groups in total. The van der Waals surface area contributed by atoms with Crippen molar-refractivity contribution < 1.29 is 0 Å². The highest BCUT2D eigenvalue weighted by Crippen LogP contribution is 2.06. The lowest BCUT2D eigenvalue weighted by Crippen LogP contribution is -2.37. The van der Waals surface area contributed by atoms with Crippen molar-refractivity contribution in [2.24, 2.45) is 10.9 Å². The predicted molar refractivity (Wildman–Crippen MR) is 80.5 cm³/mol. The van der Waals surface area contributed by atoms with E-state index in [1.165, 1.54) is 5.69 Å². The normalized spacial score (nSPS) is 12.1. The summed E-state index contributed by atoms with van der Waals surface area (Å²) in [6, 6.07) is 2.11. The van der Waals surface area contributed by atoms with Crippen LogP contribution in [-0.4, -0.2) is 35.4 Å². The van der Waals surface area contributed by atoms with Crippen LogP contribution in [-0.2, 0) is 6.54 Å². The smallest absolute Gasteiger partial charge is 0.191 e. The molecule has 0 radical (unpaired) electrons. The van der Waals surface area contributed by atoms with Gasteiger partial charge < -0.3 is 10.6 Å². The largest absolute Gasteiger partial charge is 0.357 e. The SMILES string of the molecule is CCNC(=NC[C@H](C)Cn1nc(C)cc1C)NCC. The second-order valence-electron chi connectivity index (χ2n) is 4.96. The number of aliphatic imine (C=N–C) groups is 1. The van der Waals surface area contributed by atoms with Crippen molar-refractivity contribution in [2.75, 3.05) is 19.6 Å². The molecule has 5 heteroatoms. The molecular weight excluding hydrogens is 238 g/mol. The first-order valence-corrected chi connectivity index (χ1v) is 7.10. The van der Waals surface area contributed by atoms with Crippen LogP contribution in [0.2, 0.25) is 0 Å². The summed E-state index contributed by atoms with van der Waals surface area (Å²) in [5, 5.41) is 11.0. The number of aromatic nitrogens is 2. The number of aryl methyl sites for hydroxylation is 2. The maximum absolute atomic E-state index is 4.59. The quantitative estimate of drug-likeness (QED) is 0.608. The number of hydrogen-bond acceptors (Lipinski definition) is 2. The first kappa shape index (κ1) is 15.5. The zero-order chi connectivity index (χ0) is 14.3. The molecule has 0 bridgehead atoms. The van der Waals surface area contributed by atoms with E-state index in [-0.39, 0.29) is 0 Å². The molecule has 0 fully saturated rings. The standard InChI is InChI=1S/C14H27N5/c1-6-15-14(16-7-2)17-9-11(3)10-19-13(5)8-12(4)18-19/h8,11H,6-7,9-10H2,1-5H3,(H2,15,16,17)/t11-/m0/s1. The Morgan fingerprint density at radius 1 is 1.32 bits per heavy atom. The monoisotopic (exact) mass is 265 g/mol. The molecule has 0 aliphatic heterocycles. The van der Waals surface area contributed by atoms with Crippen LogP contribution in [0.4, 0.5) is 0 Å². The zero-order valence-electron chi connectivity index (χ0n) is 12.8. The third kappa shape index (κ3) is 5.32. The van der Waals surface area contributed by atoms with Crippen LogP contribution in [0.5, 0.6) is 0 Å². The molecule has 19 heavy (non-hydrogen) atoms. The van der Waals surface area contributed by atoms with Gasteiger partial charge in [-0.2, -0.15) is 5.10 Å². The van der Waals surface area contributed by atoms with E-state index in [4.69, 9.17) is 0 Å². The van der Waals surface area contributed by atoms with E-state index < -0.39 is 0 Å². The van der Waals surface area contributed by atoms with Crippen LogP contribution in [0.15, 0.2) is 11.1 Å². The third-order valence-electron chi connectivity index (χ3n) is 2.84. The van der Waals surface area contributed by atoms with Gasteiger partial charge in [-0.1, -0.05) is 6.92 Å². The second-order valence-corrected chi connectivity index (χ2v) is 4.96. The average molecular weight is 265 g/mol. The lowest BCUT2D eigenvalue weighted by Gasteiger charge is -2.13. The fraction of sp³-hybridized carbons (Fsp3) is 0.714. The van der Waals surface area contributed by atoms with Crippen molar-refractivity contribution in [1.82, 2.24) is 20.4 Å². The molecule has 1 rings (SSSR count). The van der Waals surface area contributed by atoms with Gasteiger partial charge in [-0.05, 0) is 39.7 Å². The van der Waals surface area contributed by atoms with Gasteiger partial charge in [0.1, 0.15) is 0 Å². The highest BCUT2D eigenvalue weighted by molar-refractivity contribution is 5.79. The maximum atomic E-state index is 4.59. The van der Waals surface area contributed by atoms with Crippen molar-refractivity contribution in [2.45, 2.75) is 41.2 Å². The molecule has 1 aromatic rings. The molecule has 0 aliphatic rings. The summed E-state index contributed by atoms with van der Waals surface area (Å²) in [7, 11) is 0. The molecule has 0 saturated carbocycles. The summed E-state index contributed by atoms with van der Waals surface area (Å²) in [5.74, 6) is 1.36. The van der Waals surface area contributed by atoms with Gasteiger partial charge in [-0.3, -0.25) is 9.67 Å². The molecule has 0 aromatic carbocycles. The third-order valence-corrected chi connectivity index (χ3v) is 2.84. The molecule has 0 spiro atoms. The van der Waals surface area contributed by atoms with Crippen molar-refractivity contribution in [3.8, 4) is 0 Å². The summed E-state index contributed by atoms with van der Waals surface area (Å²) in [4.78, 5) is 4.59. The van der Waals surface area contributed by atoms with Crippen molar-refractivity contribution in [1.29, 1.82) is 0 Å². The first-order chi connectivity index (χ1) is 9.06. The summed E-state index contributed by atoms with van der Waals surface area (Å²) in [6.07, 6.45) is 0. The van der Waals surface area contributed by atoms with Crippen LogP contribution in [0.25, 0.3) is 0 Å². The van der Waals surface area contributed by atoms with Crippen LogP contribution < -0.4 is 10.6 Å². The topological polar surface area (TPSA) is 54.2 Å². The van der Waals surface area contributed by atoms with Crippen molar-refractivity contribution in [3.05, 3.63) is 17.5 Å². The molecule has 0 aliphatic carbocycles. The molecule has 1 heterocycles. The van der Waals surface area contributed by atoms with E-state index in [2.05, 4.69) is 59.2 Å². The van der Waals surface area contributed by atoms with E-state index in [0.29, 0.717) is 5.92 Å². The Morgan fingerprint density at radius 2 is 1.95 bits per heavy atom. The van der Waals surface area contributed by atoms with Gasteiger partial charge in [-0.25, -0.2) is 0 Å². The van der Waals surface area contributed by atoms with Crippen LogP contribution in [0.1, 0.15) is 32.2 Å². The minimum absolute atomic E-state index is 0.463. The van der Waals surface area contributed by atoms with Crippen LogP contribution >= 0.6 is 0 Å². The van der Waals surface area contributed by atoms with Gasteiger partial charge in [-0.15, -0.1) is 0 Å². The van der Waals surface area contributed by atoms with Gasteiger partial charge in [0.05, 0.1) is 5.69 Å². The summed E-state index contributed by atoms with van der Waals surface area (Å²) in [5.41, 5.74) is 2.29. The fourth-order valence-corrected chi connectivity index (χ4v) is 1.97. The summed E-state index contributed by atoms with van der Waals surface area (Å²) in [6.45, 7) is 14.0. The van der Waals surface area contributed by atoms with Crippen molar-refractivity contribution >= 4 is 5.96 Å². The highest BCUT2D eigenvalue weighted by Gasteiger charge is 2.07. The second kappa shape index (κ2) is 7.81. The van der Waals surface area contributed by atoms with Crippen LogP contribution in [0, 0.1) is 19.8 Å². The van der Waals surface area contributed by atoms with Crippen molar-refractivity contribution in [3.63, 3.8) is 0 Å². The van der Waals surface area contributed by atoms with E-state index in [9.17, 15) is 0 Å². The Bertz CT molecular complexity index is 400. The molecule has 0 unspecified atom stereocenters. The van der Waals surface area contributed by atoms with Crippen LogP contribution in [0.3, 0.4) is 0 Å². The van der Waals surface area contributed by atoms with Gasteiger partial charge in [0.2, 0.25) is 0 Å². The van der Waals surface area contributed by atoms with Gasteiger partial charge in [0.25, 0.3) is 0 Å². The minimum Gasteiger partial charge on any atom is -0.357 e. The van der Waals surface area contributed by atoms with E-state index in [0.717, 1.165) is 37.8 Å². The van der Waals surface area contributed by atoms with E-state index in [1.54, 1.807) is 0 Å².